The summed E-state index contributed by atoms with van der Waals surface area (Å²) in [5.41, 5.74) is 3.50. The summed E-state index contributed by atoms with van der Waals surface area (Å²) < 4.78 is 17.7. The summed E-state index contributed by atoms with van der Waals surface area (Å²) in [6.45, 7) is 0. The van der Waals surface area contributed by atoms with Gasteiger partial charge in [-0.25, -0.2) is 4.98 Å². The Balaban J connectivity index is 1.32. The van der Waals surface area contributed by atoms with E-state index in [9.17, 15) is 0 Å². The van der Waals surface area contributed by atoms with Crippen molar-refractivity contribution in [2.24, 2.45) is 0 Å². The Morgan fingerprint density at radius 1 is 0.472 bits per heavy atom. The molecular weight excluding hydrogens is 711 g/mol. The number of hydrogen-bond acceptors (Lipinski definition) is 7. The Morgan fingerprint density at radius 2 is 1.02 bits per heavy atom. The van der Waals surface area contributed by atoms with Gasteiger partial charge in [-0.05, 0) is 105 Å². The SMILES string of the molecule is O=P(c1ccncc1)(c1ccncc1)c1ccc2c(c1)nc1c3c4ccccc4ccc3c3ccc(P(=S)(c4ccncc4)c4ccncc4)cc3n21. The van der Waals surface area contributed by atoms with Gasteiger partial charge < -0.3 is 4.57 Å². The molecule has 6 aromatic heterocycles. The van der Waals surface area contributed by atoms with Gasteiger partial charge in [0.25, 0.3) is 0 Å². The predicted molar refractivity (Wildman–Crippen MR) is 222 cm³/mol. The van der Waals surface area contributed by atoms with E-state index in [0.29, 0.717) is 15.9 Å². The van der Waals surface area contributed by atoms with Crippen molar-refractivity contribution >= 4 is 106 Å². The van der Waals surface area contributed by atoms with E-state index in [1.165, 1.54) is 0 Å². The van der Waals surface area contributed by atoms with Crippen LogP contribution in [0.25, 0.3) is 49.1 Å². The number of nitrogens with zero attached hydrogens (tertiary/aromatic N) is 6. The molecule has 10 heteroatoms. The quantitative estimate of drug-likeness (QED) is 0.135. The van der Waals surface area contributed by atoms with Crippen molar-refractivity contribution in [2.75, 3.05) is 0 Å². The lowest BCUT2D eigenvalue weighted by Crippen LogP contribution is -2.25. The van der Waals surface area contributed by atoms with E-state index in [2.05, 4.69) is 85.0 Å². The molecule has 10 rings (SSSR count). The van der Waals surface area contributed by atoms with Crippen molar-refractivity contribution < 1.29 is 4.57 Å². The Labute approximate surface area is 309 Å². The first-order chi connectivity index (χ1) is 26.0. The van der Waals surface area contributed by atoms with E-state index in [0.717, 1.165) is 65.0 Å². The maximum atomic E-state index is 15.4. The summed E-state index contributed by atoms with van der Waals surface area (Å²) in [5, 5.41) is 10.8. The van der Waals surface area contributed by atoms with E-state index in [-0.39, 0.29) is 0 Å². The molecule has 0 amide bonds. The van der Waals surface area contributed by atoms with Gasteiger partial charge in [0.15, 0.2) is 7.14 Å². The summed E-state index contributed by atoms with van der Waals surface area (Å²) in [6.07, 6.45) is 14.0. The molecule has 0 aliphatic carbocycles. The highest BCUT2D eigenvalue weighted by Crippen LogP contribution is 2.46. The third kappa shape index (κ3) is 4.84. The molecule has 53 heavy (non-hydrogen) atoms. The van der Waals surface area contributed by atoms with Crippen molar-refractivity contribution in [1.82, 2.24) is 29.3 Å². The van der Waals surface area contributed by atoms with Gasteiger partial charge in [-0.3, -0.25) is 24.3 Å². The lowest BCUT2D eigenvalue weighted by atomic mass is 9.99. The molecule has 0 aliphatic rings. The standard InChI is InChI=1S/C43H28N6OP2S/c50-51(30-11-19-44-20-12-30,31-13-21-45-22-14-31)34-7-10-40-39(27-34)48-43-42-36-4-2-1-3-29(36)5-8-38(42)37-9-6-35(28-41(37)49(40)43)52(53,32-15-23-46-24-16-32)33-17-25-47-26-18-33/h1-28H. The smallest absolute Gasteiger partial charge is 0.171 e. The van der Waals surface area contributed by atoms with Crippen LogP contribution in [0.1, 0.15) is 0 Å². The topological polar surface area (TPSA) is 85.9 Å². The second-order valence-electron chi connectivity index (χ2n) is 12.9. The molecule has 4 aromatic carbocycles. The minimum absolute atomic E-state index is 0.691. The van der Waals surface area contributed by atoms with Crippen LogP contribution in [0.15, 0.2) is 171 Å². The molecule has 0 fully saturated rings. The van der Waals surface area contributed by atoms with Crippen LogP contribution in [0.2, 0.25) is 0 Å². The number of imidazole rings is 1. The molecule has 0 radical (unpaired) electrons. The molecule has 0 saturated heterocycles. The highest BCUT2D eigenvalue weighted by Gasteiger charge is 2.31. The van der Waals surface area contributed by atoms with Gasteiger partial charge in [-0.2, -0.15) is 0 Å². The molecule has 0 atom stereocenters. The van der Waals surface area contributed by atoms with E-state index in [1.54, 1.807) is 24.8 Å². The Kier molecular flexibility index (Phi) is 7.41. The monoisotopic (exact) mass is 738 g/mol. The lowest BCUT2D eigenvalue weighted by Gasteiger charge is -2.24. The van der Waals surface area contributed by atoms with Crippen LogP contribution in [0.4, 0.5) is 0 Å². The summed E-state index contributed by atoms with van der Waals surface area (Å²) >= 11 is 6.76. The lowest BCUT2D eigenvalue weighted by molar-refractivity contribution is 0.592. The molecule has 7 nitrogen and oxygen atoms in total. The molecule has 0 aliphatic heterocycles. The molecule has 0 saturated carbocycles. The van der Waals surface area contributed by atoms with Crippen LogP contribution in [-0.4, -0.2) is 29.3 Å². The Bertz CT molecular complexity index is 3040. The van der Waals surface area contributed by atoms with Gasteiger partial charge in [-0.15, -0.1) is 0 Å². The van der Waals surface area contributed by atoms with E-state index in [4.69, 9.17) is 16.8 Å². The van der Waals surface area contributed by atoms with Crippen LogP contribution in [-0.2, 0) is 16.4 Å². The largest absolute Gasteiger partial charge is 0.309 e. The van der Waals surface area contributed by atoms with Gasteiger partial charge in [0.05, 0.1) is 16.6 Å². The number of benzene rings is 4. The van der Waals surface area contributed by atoms with Crippen LogP contribution >= 0.6 is 13.2 Å². The van der Waals surface area contributed by atoms with E-state index in [1.807, 2.05) is 85.5 Å². The molecular formula is C43H28N6OP2S. The van der Waals surface area contributed by atoms with Crippen molar-refractivity contribution in [3.05, 3.63) is 171 Å². The van der Waals surface area contributed by atoms with Crippen molar-refractivity contribution in [3.8, 4) is 0 Å². The van der Waals surface area contributed by atoms with Crippen LogP contribution < -0.4 is 31.8 Å². The zero-order valence-electron chi connectivity index (χ0n) is 28.1. The maximum absolute atomic E-state index is 15.4. The first-order valence-corrected chi connectivity index (χ1v) is 21.6. The van der Waals surface area contributed by atoms with E-state index < -0.39 is 13.2 Å². The van der Waals surface area contributed by atoms with Gasteiger partial charge in [0.1, 0.15) is 5.65 Å². The zero-order valence-corrected chi connectivity index (χ0v) is 30.7. The zero-order chi connectivity index (χ0) is 35.6. The van der Waals surface area contributed by atoms with Gasteiger partial charge in [-0.1, -0.05) is 60.3 Å². The average Bonchev–Trinajstić information content (AvgIpc) is 3.63. The fraction of sp³-hybridized carbons (Fsp3) is 0. The summed E-state index contributed by atoms with van der Waals surface area (Å²) in [7, 11) is -3.31. The minimum atomic E-state index is -3.31. The molecule has 0 unspecified atom stereocenters. The Morgan fingerprint density at radius 3 is 1.64 bits per heavy atom. The van der Waals surface area contributed by atoms with Crippen molar-refractivity contribution in [1.29, 1.82) is 0 Å². The molecule has 10 aromatic rings. The van der Waals surface area contributed by atoms with Crippen molar-refractivity contribution in [2.45, 2.75) is 0 Å². The average molecular weight is 739 g/mol. The Hall–Kier alpha value is -5.91. The number of rotatable bonds is 6. The molecule has 0 N–H and O–H groups in total. The fourth-order valence-corrected chi connectivity index (χ4v) is 13.9. The summed E-state index contributed by atoms with van der Waals surface area (Å²) in [6, 6.07) is 38.5. The predicted octanol–water partition coefficient (Wildman–Crippen LogP) is 6.92. The number of fused-ring (bicyclic) bond motifs is 10. The second-order valence-corrected chi connectivity index (χ2v) is 20.1. The van der Waals surface area contributed by atoms with E-state index >= 15 is 4.57 Å². The second kappa shape index (κ2) is 12.4. The van der Waals surface area contributed by atoms with Crippen LogP contribution in [0.3, 0.4) is 0 Å². The fourth-order valence-electron chi connectivity index (χ4n) is 7.65. The number of pyridine rings is 5. The van der Waals surface area contributed by atoms with Crippen molar-refractivity contribution in [3.63, 3.8) is 0 Å². The van der Waals surface area contributed by atoms with Crippen LogP contribution in [0.5, 0.6) is 0 Å². The highest BCUT2D eigenvalue weighted by molar-refractivity contribution is 8.25. The third-order valence-corrected chi connectivity index (χ3v) is 18.1. The van der Waals surface area contributed by atoms with Gasteiger partial charge in [0.2, 0.25) is 0 Å². The van der Waals surface area contributed by atoms with Gasteiger partial charge >= 0.3 is 0 Å². The van der Waals surface area contributed by atoms with Gasteiger partial charge in [0, 0.05) is 82.3 Å². The first kappa shape index (κ1) is 31.8. The van der Waals surface area contributed by atoms with Crippen LogP contribution in [0, 0.1) is 0 Å². The summed E-state index contributed by atoms with van der Waals surface area (Å²) in [5.74, 6) is 0. The maximum Gasteiger partial charge on any atom is 0.171 e. The normalized spacial score (nSPS) is 12.3. The minimum Gasteiger partial charge on any atom is -0.309 e. The highest BCUT2D eigenvalue weighted by atomic mass is 32.4. The first-order valence-electron chi connectivity index (χ1n) is 17.1. The molecule has 6 heterocycles. The molecule has 0 spiro atoms. The number of aromatic nitrogens is 6. The summed E-state index contributed by atoms with van der Waals surface area (Å²) in [4.78, 5) is 22.4. The third-order valence-electron chi connectivity index (χ3n) is 10.1. The number of hydrogen-bond donors (Lipinski definition) is 0. The molecule has 0 bridgehead atoms. The molecule has 252 valence electrons.